The number of nitrogens with two attached hydrogens (primary N) is 2. The molecule has 0 radical (unpaired) electrons. The van der Waals surface area contributed by atoms with Gasteiger partial charge in [-0.25, -0.2) is 39.9 Å². The van der Waals surface area contributed by atoms with Gasteiger partial charge in [0.1, 0.15) is 24.9 Å². The average Bonchev–Trinajstić information content (AvgIpc) is 3.92. The molecule has 0 amide bonds. The van der Waals surface area contributed by atoms with Gasteiger partial charge >= 0.3 is 0 Å². The Morgan fingerprint density at radius 2 is 1.10 bits per heavy atom. The molecule has 0 saturated carbocycles. The molecule has 0 saturated heterocycles. The predicted molar refractivity (Wildman–Crippen MR) is 207 cm³/mol. The van der Waals surface area contributed by atoms with Gasteiger partial charge in [0.15, 0.2) is 53.0 Å². The smallest absolute Gasteiger partial charge is 0.177 e. The highest BCUT2D eigenvalue weighted by Gasteiger charge is 2.27. The van der Waals surface area contributed by atoms with Crippen molar-refractivity contribution in [3.05, 3.63) is 60.2 Å². The highest BCUT2D eigenvalue weighted by Crippen LogP contribution is 2.44. The molecule has 6 heterocycles. The molecule has 0 aliphatic rings. The number of hydrogen-bond donors (Lipinski definition) is 4. The molecule has 2 atom stereocenters. The number of imidazole rings is 2. The van der Waals surface area contributed by atoms with Crippen LogP contribution in [0.15, 0.2) is 68.0 Å². The summed E-state index contributed by atoms with van der Waals surface area (Å²) in [6, 6.07) is 11.2. The summed E-state index contributed by atoms with van der Waals surface area (Å²) in [6.07, 6.45) is 4.39. The number of thiazole rings is 2. The van der Waals surface area contributed by atoms with Crippen molar-refractivity contribution in [2.75, 3.05) is 11.5 Å². The summed E-state index contributed by atoms with van der Waals surface area (Å²) in [5.74, 6) is 0.665. The topological polar surface area (TPSA) is 205 Å². The minimum atomic E-state index is -1.23. The lowest BCUT2D eigenvalue weighted by molar-refractivity contribution is 0.0192. The van der Waals surface area contributed by atoms with Crippen LogP contribution < -0.4 is 11.5 Å². The molecule has 2 aromatic carbocycles. The van der Waals surface area contributed by atoms with E-state index in [1.807, 2.05) is 36.4 Å². The average molecular weight is 771 g/mol. The van der Waals surface area contributed by atoms with Gasteiger partial charge in [0.05, 0.1) is 20.4 Å². The number of hydrogen-bond acceptors (Lipinski definition) is 16. The van der Waals surface area contributed by atoms with Gasteiger partial charge in [-0.1, -0.05) is 51.0 Å². The Balaban J connectivity index is 1.09. The monoisotopic (exact) mass is 770 g/mol. The fourth-order valence-corrected chi connectivity index (χ4v) is 10.4. The van der Waals surface area contributed by atoms with Crippen LogP contribution in [0.25, 0.3) is 42.8 Å². The summed E-state index contributed by atoms with van der Waals surface area (Å²) in [5.41, 5.74) is 17.4. The quantitative estimate of drug-likeness (QED) is 0.0930. The molecule has 8 rings (SSSR count). The molecule has 52 heavy (non-hydrogen) atoms. The highest BCUT2D eigenvalue weighted by atomic mass is 32.2. The lowest BCUT2D eigenvalue weighted by Crippen LogP contribution is -2.10. The van der Waals surface area contributed by atoms with Crippen LogP contribution in [0, 0.1) is 0 Å². The number of aromatic nitrogens is 10. The third-order valence-corrected chi connectivity index (χ3v) is 13.0. The molecule has 0 aliphatic heterocycles. The molecule has 6 aromatic heterocycles. The predicted octanol–water partition coefficient (Wildman–Crippen LogP) is 7.02. The molecule has 266 valence electrons. The normalized spacial score (nSPS) is 13.2. The summed E-state index contributed by atoms with van der Waals surface area (Å²) >= 11 is 5.74. The van der Waals surface area contributed by atoms with Crippen molar-refractivity contribution in [1.29, 1.82) is 0 Å². The first kappa shape index (κ1) is 34.6. The Bertz CT molecular complexity index is 2390. The van der Waals surface area contributed by atoms with Crippen LogP contribution in [0.2, 0.25) is 0 Å². The Kier molecular flexibility index (Phi) is 9.66. The van der Waals surface area contributed by atoms with Crippen molar-refractivity contribution < 1.29 is 10.2 Å². The first-order valence-corrected chi connectivity index (χ1v) is 20.0. The second-order valence-electron chi connectivity index (χ2n) is 12.1. The molecule has 0 spiro atoms. The number of anilines is 2. The van der Waals surface area contributed by atoms with Gasteiger partial charge in [0, 0.05) is 24.2 Å². The second-order valence-corrected chi connectivity index (χ2v) is 16.5. The van der Waals surface area contributed by atoms with Gasteiger partial charge in [0.25, 0.3) is 0 Å². The molecule has 14 nitrogen and oxygen atoms in total. The number of aliphatic hydroxyl groups excluding tert-OH is 2. The van der Waals surface area contributed by atoms with Crippen molar-refractivity contribution >= 4 is 101 Å². The van der Waals surface area contributed by atoms with Gasteiger partial charge in [-0.2, -0.15) is 0 Å². The van der Waals surface area contributed by atoms with E-state index in [-0.39, 0.29) is 0 Å². The summed E-state index contributed by atoms with van der Waals surface area (Å²) in [7, 11) is 0. The minimum absolute atomic E-state index is 0.333. The number of nitrogen functional groups attached to an aromatic ring is 2. The van der Waals surface area contributed by atoms with E-state index < -0.39 is 12.2 Å². The molecule has 8 aromatic rings. The third-order valence-electron chi connectivity index (χ3n) is 8.67. The van der Waals surface area contributed by atoms with Crippen LogP contribution in [0.5, 0.6) is 0 Å². The largest absolute Gasteiger partial charge is 0.385 e. The van der Waals surface area contributed by atoms with E-state index in [0.29, 0.717) is 45.1 Å². The molecule has 0 bridgehead atoms. The van der Waals surface area contributed by atoms with E-state index in [9.17, 15) is 10.2 Å². The van der Waals surface area contributed by atoms with E-state index >= 15 is 0 Å². The number of aryl methyl sites for hydroxylation is 2. The Morgan fingerprint density at radius 1 is 0.654 bits per heavy atom. The zero-order valence-electron chi connectivity index (χ0n) is 28.2. The van der Waals surface area contributed by atoms with Crippen LogP contribution in [0.1, 0.15) is 62.9 Å². The van der Waals surface area contributed by atoms with E-state index in [4.69, 9.17) is 31.4 Å². The molecular formula is C34H34N12O2S4. The highest BCUT2D eigenvalue weighted by molar-refractivity contribution is 8.01. The molecule has 18 heteroatoms. The van der Waals surface area contributed by atoms with E-state index in [0.717, 1.165) is 78.2 Å². The van der Waals surface area contributed by atoms with Gasteiger partial charge in [-0.15, -0.1) is 22.7 Å². The zero-order chi connectivity index (χ0) is 35.9. The first-order valence-electron chi connectivity index (χ1n) is 16.8. The molecule has 0 fully saturated rings. The zero-order valence-corrected chi connectivity index (χ0v) is 31.4. The molecular weight excluding hydrogens is 737 g/mol. The molecule has 2 unspecified atom stereocenters. The Hall–Kier alpha value is -4.46. The van der Waals surface area contributed by atoms with Crippen LogP contribution in [0.4, 0.5) is 11.6 Å². The van der Waals surface area contributed by atoms with Gasteiger partial charge in [-0.3, -0.25) is 0 Å². The summed E-state index contributed by atoms with van der Waals surface area (Å²) in [5, 5.41) is 24.9. The molecule has 6 N–H and O–H groups in total. The fraction of sp³-hybridized carbons (Fsp3) is 0.294. The number of benzene rings is 2. The van der Waals surface area contributed by atoms with Gasteiger partial charge in [0.2, 0.25) is 0 Å². The van der Waals surface area contributed by atoms with Crippen LogP contribution in [-0.4, -0.2) is 59.2 Å². The lowest BCUT2D eigenvalue weighted by Gasteiger charge is -2.19. The Labute approximate surface area is 313 Å². The van der Waals surface area contributed by atoms with Crippen molar-refractivity contribution in [3.8, 4) is 0 Å². The second kappa shape index (κ2) is 14.5. The lowest BCUT2D eigenvalue weighted by atomic mass is 9.98. The minimum Gasteiger partial charge on any atom is -0.385 e. The number of aliphatic hydroxyl groups is 2. The number of unbranched alkanes of at least 4 members (excludes halogenated alkanes) is 2. The van der Waals surface area contributed by atoms with Crippen LogP contribution in [-0.2, 0) is 13.1 Å². The summed E-state index contributed by atoms with van der Waals surface area (Å²) in [4.78, 5) is 36.4. The van der Waals surface area contributed by atoms with Crippen molar-refractivity contribution in [2.24, 2.45) is 0 Å². The van der Waals surface area contributed by atoms with E-state index in [2.05, 4.69) is 42.9 Å². The van der Waals surface area contributed by atoms with Crippen LogP contribution >= 0.6 is 46.2 Å². The maximum absolute atomic E-state index is 11.8. The summed E-state index contributed by atoms with van der Waals surface area (Å²) < 4.78 is 7.17. The number of rotatable bonds is 13. The maximum atomic E-state index is 11.8. The standard InChI is InChI=1S/C34H34N12O2S4/c1-3-5-13-45-29-21(27(35)37-15-39-29)43-31(45)51-33-41-19-11-7-9-17(25(19)49-33)23(47)24(48)18-10-8-12-20-26(18)50-34(42-20)52-32-44-22-28(36)38-16-40-30(22)46(32)14-6-4-2/h7-12,15-16,23-24,47-48H,3-6,13-14H2,1-2H3,(H2,35,37,39)(H2,36,38,40). The van der Waals surface area contributed by atoms with Crippen molar-refractivity contribution in [2.45, 2.75) is 83.8 Å². The Morgan fingerprint density at radius 3 is 1.52 bits per heavy atom. The fourth-order valence-electron chi connectivity index (χ4n) is 6.01. The van der Waals surface area contributed by atoms with Crippen LogP contribution in [0.3, 0.4) is 0 Å². The van der Waals surface area contributed by atoms with E-state index in [1.165, 1.54) is 58.9 Å². The number of fused-ring (bicyclic) bond motifs is 4. The maximum Gasteiger partial charge on any atom is 0.177 e. The van der Waals surface area contributed by atoms with Crippen molar-refractivity contribution in [3.63, 3.8) is 0 Å². The van der Waals surface area contributed by atoms with Crippen molar-refractivity contribution in [1.82, 2.24) is 49.0 Å². The number of nitrogens with zero attached hydrogens (tertiary/aromatic N) is 10. The summed E-state index contributed by atoms with van der Waals surface area (Å²) in [6.45, 7) is 5.74. The molecule has 0 aliphatic carbocycles. The first-order chi connectivity index (χ1) is 25.3. The third kappa shape index (κ3) is 6.32. The SMILES string of the molecule is CCCCn1c(Sc2nc3cccc(C(O)C(O)c4cccc5nc(Sc6nc7c(N)ncnc7n6CCCC)sc45)c3s2)nc2c(N)ncnc21. The van der Waals surface area contributed by atoms with E-state index in [1.54, 1.807) is 0 Å². The van der Waals surface area contributed by atoms with Gasteiger partial charge < -0.3 is 30.8 Å². The van der Waals surface area contributed by atoms with Gasteiger partial charge in [-0.05, 0) is 48.5 Å².